The molecule has 2 atom stereocenters. The van der Waals surface area contributed by atoms with Crippen LogP contribution in [0.5, 0.6) is 0 Å². The van der Waals surface area contributed by atoms with E-state index in [0.717, 1.165) is 25.7 Å². The van der Waals surface area contributed by atoms with Crippen molar-refractivity contribution in [3.8, 4) is 0 Å². The van der Waals surface area contributed by atoms with E-state index in [4.69, 9.17) is 0 Å². The minimum absolute atomic E-state index is 0.201. The number of carbonyl (C=O) groups is 1. The lowest BCUT2D eigenvalue weighted by Gasteiger charge is -2.31. The molecule has 2 rings (SSSR count). The van der Waals surface area contributed by atoms with Crippen LogP contribution in [0.3, 0.4) is 0 Å². The summed E-state index contributed by atoms with van der Waals surface area (Å²) in [6.07, 6.45) is 10.6. The molecule has 2 aliphatic rings. The molecule has 1 nitrogen and oxygen atoms in total. The van der Waals surface area contributed by atoms with Gasteiger partial charge < -0.3 is 0 Å². The molecule has 76 valence electrons. The molecular formula is C13H18O. The molecular weight excluding hydrogens is 172 g/mol. The van der Waals surface area contributed by atoms with Gasteiger partial charge in [0.2, 0.25) is 0 Å². The van der Waals surface area contributed by atoms with Gasteiger partial charge in [0.1, 0.15) is 5.78 Å². The van der Waals surface area contributed by atoms with E-state index in [1.807, 2.05) is 0 Å². The zero-order valence-electron chi connectivity index (χ0n) is 9.05. The molecule has 0 heterocycles. The van der Waals surface area contributed by atoms with E-state index in [0.29, 0.717) is 5.78 Å². The van der Waals surface area contributed by atoms with Gasteiger partial charge in [-0.2, -0.15) is 0 Å². The van der Waals surface area contributed by atoms with Crippen molar-refractivity contribution in [1.82, 2.24) is 0 Å². The molecule has 1 saturated carbocycles. The SMILES string of the molecule is C/C1=C/C=C\CC[C@]2(C)CCC(=O)[C@@H]12. The highest BCUT2D eigenvalue weighted by Gasteiger charge is 2.44. The summed E-state index contributed by atoms with van der Waals surface area (Å²) in [6.45, 7) is 4.38. The predicted octanol–water partition coefficient (Wildman–Crippen LogP) is 3.27. The van der Waals surface area contributed by atoms with E-state index in [1.165, 1.54) is 5.57 Å². The highest BCUT2D eigenvalue weighted by atomic mass is 16.1. The first-order valence-corrected chi connectivity index (χ1v) is 5.49. The Morgan fingerprint density at radius 3 is 3.00 bits per heavy atom. The summed E-state index contributed by atoms with van der Waals surface area (Å²) in [6, 6.07) is 0. The Balaban J connectivity index is 2.38. The number of hydrogen-bond donors (Lipinski definition) is 0. The van der Waals surface area contributed by atoms with Gasteiger partial charge in [-0.3, -0.25) is 4.79 Å². The van der Waals surface area contributed by atoms with Crippen LogP contribution in [-0.4, -0.2) is 5.78 Å². The van der Waals surface area contributed by atoms with Crippen molar-refractivity contribution in [3.05, 3.63) is 23.8 Å². The van der Waals surface area contributed by atoms with Crippen molar-refractivity contribution in [2.75, 3.05) is 0 Å². The third-order valence-electron chi connectivity index (χ3n) is 3.79. The second-order valence-electron chi connectivity index (χ2n) is 4.93. The Kier molecular flexibility index (Phi) is 2.34. The van der Waals surface area contributed by atoms with Gasteiger partial charge in [0.05, 0.1) is 0 Å². The lowest BCUT2D eigenvalue weighted by atomic mass is 9.72. The van der Waals surface area contributed by atoms with Gasteiger partial charge in [0, 0.05) is 12.3 Å². The maximum Gasteiger partial charge on any atom is 0.140 e. The monoisotopic (exact) mass is 190 g/mol. The number of ketones is 1. The molecule has 0 saturated heterocycles. The van der Waals surface area contributed by atoms with Crippen LogP contribution < -0.4 is 0 Å². The second-order valence-corrected chi connectivity index (χ2v) is 4.93. The van der Waals surface area contributed by atoms with Gasteiger partial charge in [-0.25, -0.2) is 0 Å². The largest absolute Gasteiger partial charge is 0.299 e. The molecule has 0 amide bonds. The average Bonchev–Trinajstić information content (AvgIpc) is 2.39. The Morgan fingerprint density at radius 2 is 2.21 bits per heavy atom. The zero-order valence-corrected chi connectivity index (χ0v) is 9.05. The summed E-state index contributed by atoms with van der Waals surface area (Å²) in [5, 5.41) is 0. The van der Waals surface area contributed by atoms with E-state index in [9.17, 15) is 4.79 Å². The molecule has 14 heavy (non-hydrogen) atoms. The van der Waals surface area contributed by atoms with Crippen LogP contribution in [0.4, 0.5) is 0 Å². The van der Waals surface area contributed by atoms with E-state index >= 15 is 0 Å². The molecule has 0 aromatic carbocycles. The molecule has 0 aliphatic heterocycles. The van der Waals surface area contributed by atoms with Gasteiger partial charge in [-0.15, -0.1) is 0 Å². The molecule has 1 heteroatoms. The molecule has 0 N–H and O–H groups in total. The zero-order chi connectivity index (χ0) is 10.2. The van der Waals surface area contributed by atoms with E-state index in [2.05, 4.69) is 32.1 Å². The highest BCUT2D eigenvalue weighted by molar-refractivity contribution is 5.86. The minimum atomic E-state index is 0.201. The van der Waals surface area contributed by atoms with Crippen LogP contribution >= 0.6 is 0 Å². The summed E-state index contributed by atoms with van der Waals surface area (Å²) in [7, 11) is 0. The van der Waals surface area contributed by atoms with Gasteiger partial charge in [0.25, 0.3) is 0 Å². The molecule has 0 bridgehead atoms. The first-order chi connectivity index (χ1) is 6.63. The smallest absolute Gasteiger partial charge is 0.140 e. The Hall–Kier alpha value is -0.850. The summed E-state index contributed by atoms with van der Waals surface area (Å²) >= 11 is 0. The third kappa shape index (κ3) is 1.45. The van der Waals surface area contributed by atoms with E-state index in [-0.39, 0.29) is 11.3 Å². The van der Waals surface area contributed by atoms with Crippen molar-refractivity contribution in [2.24, 2.45) is 11.3 Å². The second kappa shape index (κ2) is 3.38. The number of hydrogen-bond acceptors (Lipinski definition) is 1. The van der Waals surface area contributed by atoms with Crippen LogP contribution in [0.1, 0.15) is 39.5 Å². The van der Waals surface area contributed by atoms with Gasteiger partial charge >= 0.3 is 0 Å². The predicted molar refractivity (Wildman–Crippen MR) is 58.0 cm³/mol. The first-order valence-electron chi connectivity index (χ1n) is 5.49. The summed E-state index contributed by atoms with van der Waals surface area (Å²) in [4.78, 5) is 11.8. The fourth-order valence-corrected chi connectivity index (χ4v) is 2.98. The molecule has 0 aromatic heterocycles. The summed E-state index contributed by atoms with van der Waals surface area (Å²) in [5.74, 6) is 0.656. The number of fused-ring (bicyclic) bond motifs is 1. The lowest BCUT2D eigenvalue weighted by molar-refractivity contribution is -0.121. The molecule has 2 aliphatic carbocycles. The Morgan fingerprint density at radius 1 is 1.43 bits per heavy atom. The third-order valence-corrected chi connectivity index (χ3v) is 3.79. The summed E-state index contributed by atoms with van der Waals surface area (Å²) < 4.78 is 0. The van der Waals surface area contributed by atoms with Crippen LogP contribution in [0.2, 0.25) is 0 Å². The van der Waals surface area contributed by atoms with Gasteiger partial charge in [-0.1, -0.05) is 30.7 Å². The number of allylic oxidation sites excluding steroid dienone is 4. The van der Waals surface area contributed by atoms with Gasteiger partial charge in [-0.05, 0) is 31.6 Å². The average molecular weight is 190 g/mol. The number of Topliss-reactive ketones (excluding diaryl/α,β-unsaturated/α-hetero) is 1. The maximum atomic E-state index is 11.8. The number of rotatable bonds is 0. The summed E-state index contributed by atoms with van der Waals surface area (Å²) in [5.41, 5.74) is 1.49. The van der Waals surface area contributed by atoms with Gasteiger partial charge in [0.15, 0.2) is 0 Å². The first kappa shape index (κ1) is 9.70. The normalized spacial score (nSPS) is 43.4. The molecule has 0 unspecified atom stereocenters. The molecule has 0 radical (unpaired) electrons. The van der Waals surface area contributed by atoms with Crippen molar-refractivity contribution in [3.63, 3.8) is 0 Å². The highest BCUT2D eigenvalue weighted by Crippen LogP contribution is 2.48. The Bertz CT molecular complexity index is 311. The fourth-order valence-electron chi connectivity index (χ4n) is 2.98. The molecule has 0 spiro atoms. The molecule has 1 fully saturated rings. The van der Waals surface area contributed by atoms with Crippen LogP contribution in [-0.2, 0) is 4.79 Å². The van der Waals surface area contributed by atoms with Crippen molar-refractivity contribution < 1.29 is 4.79 Å². The van der Waals surface area contributed by atoms with Crippen LogP contribution in [0.25, 0.3) is 0 Å². The topological polar surface area (TPSA) is 17.1 Å². The van der Waals surface area contributed by atoms with Crippen LogP contribution in [0.15, 0.2) is 23.8 Å². The Labute approximate surface area is 85.9 Å². The number of carbonyl (C=O) groups excluding carboxylic acids is 1. The maximum absolute atomic E-state index is 11.8. The lowest BCUT2D eigenvalue weighted by Crippen LogP contribution is -2.27. The van der Waals surface area contributed by atoms with Crippen molar-refractivity contribution >= 4 is 5.78 Å². The quantitative estimate of drug-likeness (QED) is 0.573. The van der Waals surface area contributed by atoms with Crippen molar-refractivity contribution in [1.29, 1.82) is 0 Å². The van der Waals surface area contributed by atoms with Crippen molar-refractivity contribution in [2.45, 2.75) is 39.5 Å². The minimum Gasteiger partial charge on any atom is -0.299 e. The molecule has 0 aromatic rings. The fraction of sp³-hybridized carbons (Fsp3) is 0.615. The standard InChI is InChI=1S/C13H18O/c1-10-6-4-3-5-8-13(2)9-7-11(14)12(10)13/h3-4,6,12H,5,7-9H2,1-2H3/b4-3-,10-6-/t12-,13-/m1/s1. The van der Waals surface area contributed by atoms with Crippen LogP contribution in [0, 0.1) is 11.3 Å². The van der Waals surface area contributed by atoms with E-state index in [1.54, 1.807) is 0 Å². The van der Waals surface area contributed by atoms with E-state index < -0.39 is 0 Å².